The molecule has 0 unspecified atom stereocenters. The monoisotopic (exact) mass is 281 g/mol. The highest BCUT2D eigenvalue weighted by molar-refractivity contribution is 5.18. The van der Waals surface area contributed by atoms with E-state index in [-0.39, 0.29) is 11.6 Å². The summed E-state index contributed by atoms with van der Waals surface area (Å²) in [5, 5.41) is 3.41. The Balaban J connectivity index is 2.01. The van der Waals surface area contributed by atoms with Gasteiger partial charge in [-0.05, 0) is 48.3 Å². The molecule has 1 aliphatic carbocycles. The highest BCUT2D eigenvalue weighted by Gasteiger charge is 2.38. The molecule has 1 saturated carbocycles. The minimum absolute atomic E-state index is 0.292. The lowest BCUT2D eigenvalue weighted by Crippen LogP contribution is -2.43. The fourth-order valence-corrected chi connectivity index (χ4v) is 3.92. The quantitative estimate of drug-likeness (QED) is 0.849. The van der Waals surface area contributed by atoms with Crippen molar-refractivity contribution in [1.82, 2.24) is 5.32 Å². The smallest absolute Gasteiger partial charge is 0.127 e. The Morgan fingerprint density at radius 2 is 1.70 bits per heavy atom. The Bertz CT molecular complexity index is 464. The van der Waals surface area contributed by atoms with Crippen molar-refractivity contribution in [3.05, 3.63) is 35.4 Å². The summed E-state index contributed by atoms with van der Waals surface area (Å²) in [5.41, 5.74) is 0.992. The van der Waals surface area contributed by atoms with Crippen LogP contribution in [0, 0.1) is 22.5 Å². The summed E-state index contributed by atoms with van der Waals surface area (Å²) in [5.74, 6) is -0.722. The van der Waals surface area contributed by atoms with Crippen LogP contribution in [0.25, 0.3) is 0 Å². The second-order valence-electron chi connectivity index (χ2n) is 7.73. The van der Waals surface area contributed by atoms with Gasteiger partial charge >= 0.3 is 0 Å². The zero-order chi connectivity index (χ0) is 15.0. The van der Waals surface area contributed by atoms with E-state index < -0.39 is 0 Å². The molecule has 1 aromatic rings. The number of hydrogen-bond acceptors (Lipinski definition) is 1. The largest absolute Gasteiger partial charge is 0.310 e. The van der Waals surface area contributed by atoms with Gasteiger partial charge in [-0.3, -0.25) is 0 Å². The molecule has 0 amide bonds. The SMILES string of the molecule is CC1(C)CC(NCc2cc(F)ccc2F)CC(C)(C)C1. The molecule has 1 aromatic carbocycles. The Labute approximate surface area is 120 Å². The molecule has 0 aromatic heterocycles. The van der Waals surface area contributed by atoms with Crippen molar-refractivity contribution in [3.8, 4) is 0 Å². The van der Waals surface area contributed by atoms with Crippen LogP contribution in [0.4, 0.5) is 8.78 Å². The van der Waals surface area contributed by atoms with Crippen LogP contribution < -0.4 is 5.32 Å². The summed E-state index contributed by atoms with van der Waals surface area (Å²) < 4.78 is 26.8. The van der Waals surface area contributed by atoms with Gasteiger partial charge in [0.05, 0.1) is 0 Å². The summed E-state index contributed by atoms with van der Waals surface area (Å²) >= 11 is 0. The maximum absolute atomic E-state index is 13.6. The molecule has 0 saturated heterocycles. The number of rotatable bonds is 3. The lowest BCUT2D eigenvalue weighted by atomic mass is 9.63. The van der Waals surface area contributed by atoms with Crippen LogP contribution in [-0.4, -0.2) is 6.04 Å². The first kappa shape index (κ1) is 15.4. The van der Waals surface area contributed by atoms with Gasteiger partial charge in [0, 0.05) is 18.2 Å². The Morgan fingerprint density at radius 1 is 1.10 bits per heavy atom. The standard InChI is InChI=1S/C17H25F2N/c1-16(2)8-14(9-17(3,4)11-16)20-10-12-7-13(18)5-6-15(12)19/h5-7,14,20H,8-11H2,1-4H3. The number of nitrogens with one attached hydrogen (secondary N) is 1. The molecule has 1 aliphatic rings. The molecule has 0 aliphatic heterocycles. The first-order chi connectivity index (χ1) is 9.17. The number of halogens is 2. The van der Waals surface area contributed by atoms with E-state index in [0.29, 0.717) is 29.0 Å². The maximum Gasteiger partial charge on any atom is 0.127 e. The highest BCUT2D eigenvalue weighted by atomic mass is 19.1. The molecule has 2 rings (SSSR count). The second-order valence-corrected chi connectivity index (χ2v) is 7.73. The molecule has 20 heavy (non-hydrogen) atoms. The normalized spacial score (nSPS) is 21.9. The molecule has 0 radical (unpaired) electrons. The van der Waals surface area contributed by atoms with Crippen LogP contribution >= 0.6 is 0 Å². The molecule has 0 atom stereocenters. The van der Waals surface area contributed by atoms with Gasteiger partial charge in [-0.1, -0.05) is 27.7 Å². The topological polar surface area (TPSA) is 12.0 Å². The van der Waals surface area contributed by atoms with Gasteiger partial charge in [-0.15, -0.1) is 0 Å². The van der Waals surface area contributed by atoms with Gasteiger partial charge in [0.25, 0.3) is 0 Å². The Kier molecular flexibility index (Phi) is 4.19. The summed E-state index contributed by atoms with van der Waals surface area (Å²) in [6.07, 6.45) is 3.35. The van der Waals surface area contributed by atoms with Crippen LogP contribution in [0.15, 0.2) is 18.2 Å². The third-order valence-electron chi connectivity index (χ3n) is 4.14. The summed E-state index contributed by atoms with van der Waals surface area (Å²) in [4.78, 5) is 0. The van der Waals surface area contributed by atoms with Gasteiger partial charge in [0.1, 0.15) is 11.6 Å². The number of hydrogen-bond donors (Lipinski definition) is 1. The third-order valence-corrected chi connectivity index (χ3v) is 4.14. The third kappa shape index (κ3) is 4.02. The van der Waals surface area contributed by atoms with Gasteiger partial charge in [0.15, 0.2) is 0 Å². The number of benzene rings is 1. The van der Waals surface area contributed by atoms with Crippen LogP contribution in [-0.2, 0) is 6.54 Å². The van der Waals surface area contributed by atoms with Crippen LogP contribution in [0.5, 0.6) is 0 Å². The fraction of sp³-hybridized carbons (Fsp3) is 0.647. The average Bonchev–Trinajstić information content (AvgIpc) is 2.26. The predicted octanol–water partition coefficient (Wildman–Crippen LogP) is 4.66. The molecule has 1 N–H and O–H groups in total. The molecule has 0 heterocycles. The van der Waals surface area contributed by atoms with Gasteiger partial charge in [0.2, 0.25) is 0 Å². The van der Waals surface area contributed by atoms with Crippen molar-refractivity contribution in [2.45, 2.75) is 59.5 Å². The zero-order valence-corrected chi connectivity index (χ0v) is 12.9. The lowest BCUT2D eigenvalue weighted by Gasteiger charge is -2.45. The average molecular weight is 281 g/mol. The van der Waals surface area contributed by atoms with E-state index in [1.165, 1.54) is 18.6 Å². The minimum atomic E-state index is -0.382. The molecule has 1 nitrogen and oxygen atoms in total. The van der Waals surface area contributed by atoms with Gasteiger partial charge < -0.3 is 5.32 Å². The lowest BCUT2D eigenvalue weighted by molar-refractivity contribution is 0.0843. The Morgan fingerprint density at radius 3 is 2.30 bits per heavy atom. The van der Waals surface area contributed by atoms with Crippen molar-refractivity contribution >= 4 is 0 Å². The summed E-state index contributed by atoms with van der Waals surface area (Å²) in [6, 6.07) is 3.99. The van der Waals surface area contributed by atoms with E-state index in [1.807, 2.05) is 0 Å². The van der Waals surface area contributed by atoms with E-state index >= 15 is 0 Å². The first-order valence-electron chi connectivity index (χ1n) is 7.34. The van der Waals surface area contributed by atoms with Gasteiger partial charge in [-0.2, -0.15) is 0 Å². The molecule has 0 spiro atoms. The zero-order valence-electron chi connectivity index (χ0n) is 12.9. The molecule has 0 bridgehead atoms. The van der Waals surface area contributed by atoms with Crippen molar-refractivity contribution in [1.29, 1.82) is 0 Å². The predicted molar refractivity (Wildman–Crippen MR) is 78.4 cm³/mol. The fourth-order valence-electron chi connectivity index (χ4n) is 3.92. The summed E-state index contributed by atoms with van der Waals surface area (Å²) in [7, 11) is 0. The van der Waals surface area contributed by atoms with Crippen LogP contribution in [0.1, 0.15) is 52.5 Å². The van der Waals surface area contributed by atoms with Crippen molar-refractivity contribution in [2.24, 2.45) is 10.8 Å². The van der Waals surface area contributed by atoms with Gasteiger partial charge in [-0.25, -0.2) is 8.78 Å². The highest BCUT2D eigenvalue weighted by Crippen LogP contribution is 2.45. The van der Waals surface area contributed by atoms with E-state index in [9.17, 15) is 8.78 Å². The van der Waals surface area contributed by atoms with Crippen molar-refractivity contribution in [3.63, 3.8) is 0 Å². The van der Waals surface area contributed by atoms with E-state index in [4.69, 9.17) is 0 Å². The van der Waals surface area contributed by atoms with Crippen LogP contribution in [0.2, 0.25) is 0 Å². The summed E-state index contributed by atoms with van der Waals surface area (Å²) in [6.45, 7) is 9.52. The van der Waals surface area contributed by atoms with E-state index in [0.717, 1.165) is 18.9 Å². The molecular weight excluding hydrogens is 256 g/mol. The van der Waals surface area contributed by atoms with Crippen LogP contribution in [0.3, 0.4) is 0 Å². The van der Waals surface area contributed by atoms with E-state index in [1.54, 1.807) is 0 Å². The van der Waals surface area contributed by atoms with E-state index in [2.05, 4.69) is 33.0 Å². The molecular formula is C17H25F2N. The Hall–Kier alpha value is -0.960. The molecule has 1 fully saturated rings. The second kappa shape index (κ2) is 5.44. The van der Waals surface area contributed by atoms with Crippen molar-refractivity contribution < 1.29 is 8.78 Å². The van der Waals surface area contributed by atoms with Crippen molar-refractivity contribution in [2.75, 3.05) is 0 Å². The first-order valence-corrected chi connectivity index (χ1v) is 7.34. The minimum Gasteiger partial charge on any atom is -0.310 e. The maximum atomic E-state index is 13.6. The molecule has 3 heteroatoms. The molecule has 112 valence electrons.